The highest BCUT2D eigenvalue weighted by Gasteiger charge is 2.26. The zero-order chi connectivity index (χ0) is 23.1. The molecule has 3 N–H and O–H groups in total. The Morgan fingerprint density at radius 2 is 1.84 bits per heavy atom. The number of para-hydroxylation sites is 1. The molecule has 2 aromatic carbocycles. The third-order valence-electron chi connectivity index (χ3n) is 5.56. The van der Waals surface area contributed by atoms with Crippen molar-refractivity contribution in [1.29, 1.82) is 0 Å². The Labute approximate surface area is 189 Å². The van der Waals surface area contributed by atoms with Crippen molar-refractivity contribution >= 4 is 21.7 Å². The zero-order valence-corrected chi connectivity index (χ0v) is 19.2. The van der Waals surface area contributed by atoms with Gasteiger partial charge in [0.05, 0.1) is 11.3 Å². The Morgan fingerprint density at radius 1 is 1.16 bits per heavy atom. The Hall–Kier alpha value is -2.62. The van der Waals surface area contributed by atoms with E-state index in [1.807, 2.05) is 11.0 Å². The summed E-state index contributed by atoms with van der Waals surface area (Å²) in [6.45, 7) is 6.21. The first-order valence-corrected chi connectivity index (χ1v) is 12.5. The number of rotatable bonds is 11. The number of anilines is 1. The molecule has 0 aromatic heterocycles. The number of hydrogen-bond acceptors (Lipinski definition) is 6. The molecule has 0 bridgehead atoms. The second kappa shape index (κ2) is 10.8. The second-order valence-corrected chi connectivity index (χ2v) is 9.51. The standard InChI is InChI=1S/C23H31N3O5S/c1-2-3-13-26(15-14-25-11-7-8-12-25)20-16-18(23(27)28)17-21(32(24,29)30)22(20)31-19-9-5-4-6-10-19/h4-6,9-10,16-17H,2-3,7-8,11-15H2,1H3,(H,27,28)(H2,24,29,30). The largest absolute Gasteiger partial charge is 0.478 e. The molecule has 1 aliphatic rings. The van der Waals surface area contributed by atoms with E-state index in [0.717, 1.165) is 38.5 Å². The lowest BCUT2D eigenvalue weighted by Gasteiger charge is -2.30. The molecule has 8 nitrogen and oxygen atoms in total. The molecule has 0 atom stereocenters. The van der Waals surface area contributed by atoms with Crippen LogP contribution in [0.2, 0.25) is 0 Å². The average molecular weight is 462 g/mol. The number of nitrogens with zero attached hydrogens (tertiary/aromatic N) is 2. The van der Waals surface area contributed by atoms with Crippen LogP contribution in [-0.4, -0.2) is 57.1 Å². The number of hydrogen-bond donors (Lipinski definition) is 2. The highest BCUT2D eigenvalue weighted by molar-refractivity contribution is 7.89. The number of ether oxygens (including phenoxy) is 1. The molecule has 1 heterocycles. The number of nitrogens with two attached hydrogens (primary N) is 1. The Balaban J connectivity index is 2.10. The van der Waals surface area contributed by atoms with Gasteiger partial charge in [0, 0.05) is 19.6 Å². The van der Waals surface area contributed by atoms with Gasteiger partial charge in [0.2, 0.25) is 10.0 Å². The smallest absolute Gasteiger partial charge is 0.335 e. The van der Waals surface area contributed by atoms with Crippen LogP contribution >= 0.6 is 0 Å². The molecule has 0 amide bonds. The van der Waals surface area contributed by atoms with Crippen LogP contribution in [0.3, 0.4) is 0 Å². The van der Waals surface area contributed by atoms with E-state index in [0.29, 0.717) is 24.5 Å². The van der Waals surface area contributed by atoms with E-state index >= 15 is 0 Å². The van der Waals surface area contributed by atoms with Gasteiger partial charge in [-0.25, -0.2) is 18.4 Å². The molecule has 0 saturated carbocycles. The molecule has 1 saturated heterocycles. The van der Waals surface area contributed by atoms with Crippen molar-refractivity contribution in [2.75, 3.05) is 37.6 Å². The van der Waals surface area contributed by atoms with Crippen molar-refractivity contribution in [2.24, 2.45) is 5.14 Å². The topological polar surface area (TPSA) is 113 Å². The maximum atomic E-state index is 12.5. The van der Waals surface area contributed by atoms with E-state index in [9.17, 15) is 18.3 Å². The fourth-order valence-corrected chi connectivity index (χ4v) is 4.53. The van der Waals surface area contributed by atoms with Crippen molar-refractivity contribution in [1.82, 2.24) is 4.90 Å². The SMILES string of the molecule is CCCCN(CCN1CCCC1)c1cc(C(=O)O)cc(S(N)(=O)=O)c1Oc1ccccc1. The quantitative estimate of drug-likeness (QED) is 0.526. The van der Waals surface area contributed by atoms with Crippen LogP contribution in [0.25, 0.3) is 0 Å². The monoisotopic (exact) mass is 461 g/mol. The van der Waals surface area contributed by atoms with Crippen molar-refractivity contribution in [3.8, 4) is 11.5 Å². The first-order chi connectivity index (χ1) is 15.3. The summed E-state index contributed by atoms with van der Waals surface area (Å²) in [6.07, 6.45) is 4.14. The molecule has 174 valence electrons. The minimum Gasteiger partial charge on any atom is -0.478 e. The van der Waals surface area contributed by atoms with Gasteiger partial charge in [-0.1, -0.05) is 31.5 Å². The van der Waals surface area contributed by atoms with Gasteiger partial charge in [-0.15, -0.1) is 0 Å². The van der Waals surface area contributed by atoms with Gasteiger partial charge in [0.1, 0.15) is 10.6 Å². The van der Waals surface area contributed by atoms with Gasteiger partial charge < -0.3 is 19.6 Å². The number of carboxylic acid groups (broad SMARTS) is 1. The molecular weight excluding hydrogens is 430 g/mol. The molecule has 1 fully saturated rings. The molecular formula is C23H31N3O5S. The summed E-state index contributed by atoms with van der Waals surface area (Å²) in [6, 6.07) is 11.3. The zero-order valence-electron chi connectivity index (χ0n) is 18.4. The van der Waals surface area contributed by atoms with Gasteiger partial charge in [-0.05, 0) is 56.6 Å². The van der Waals surface area contributed by atoms with Gasteiger partial charge in [-0.3, -0.25) is 0 Å². The highest BCUT2D eigenvalue weighted by Crippen LogP contribution is 2.39. The Kier molecular flexibility index (Phi) is 8.11. The maximum Gasteiger partial charge on any atom is 0.335 e. The summed E-state index contributed by atoms with van der Waals surface area (Å²) in [4.78, 5) is 15.8. The van der Waals surface area contributed by atoms with Crippen LogP contribution in [0.1, 0.15) is 43.0 Å². The fourth-order valence-electron chi connectivity index (χ4n) is 3.84. The number of benzene rings is 2. The van der Waals surface area contributed by atoms with Crippen molar-refractivity contribution in [2.45, 2.75) is 37.5 Å². The molecule has 1 aliphatic heterocycles. The van der Waals surface area contributed by atoms with Gasteiger partial charge in [0.15, 0.2) is 5.75 Å². The lowest BCUT2D eigenvalue weighted by atomic mass is 10.1. The van der Waals surface area contributed by atoms with E-state index in [1.165, 1.54) is 18.9 Å². The van der Waals surface area contributed by atoms with Crippen molar-refractivity contribution < 1.29 is 23.1 Å². The molecule has 0 unspecified atom stereocenters. The second-order valence-electron chi connectivity index (χ2n) is 7.98. The number of sulfonamides is 1. The minimum absolute atomic E-state index is 0.0567. The van der Waals surface area contributed by atoms with E-state index in [2.05, 4.69) is 11.8 Å². The fraction of sp³-hybridized carbons (Fsp3) is 0.435. The number of likely N-dealkylation sites (tertiary alicyclic amines) is 1. The first kappa shape index (κ1) is 24.0. The van der Waals surface area contributed by atoms with E-state index in [-0.39, 0.29) is 16.2 Å². The lowest BCUT2D eigenvalue weighted by molar-refractivity contribution is 0.0696. The van der Waals surface area contributed by atoms with Crippen molar-refractivity contribution in [3.63, 3.8) is 0 Å². The molecule has 32 heavy (non-hydrogen) atoms. The summed E-state index contributed by atoms with van der Waals surface area (Å²) in [5, 5.41) is 15.1. The Bertz CT molecular complexity index is 1020. The molecule has 0 radical (unpaired) electrons. The van der Waals surface area contributed by atoms with Crippen LogP contribution < -0.4 is 14.8 Å². The predicted octanol–water partition coefficient (Wildman–Crippen LogP) is 3.53. The maximum absolute atomic E-state index is 12.5. The Morgan fingerprint density at radius 3 is 2.44 bits per heavy atom. The van der Waals surface area contributed by atoms with Crippen LogP contribution in [0.15, 0.2) is 47.4 Å². The van der Waals surface area contributed by atoms with Crippen LogP contribution in [0, 0.1) is 0 Å². The van der Waals surface area contributed by atoms with Crippen molar-refractivity contribution in [3.05, 3.63) is 48.0 Å². The highest BCUT2D eigenvalue weighted by atomic mass is 32.2. The van der Waals surface area contributed by atoms with Gasteiger partial charge >= 0.3 is 5.97 Å². The minimum atomic E-state index is -4.24. The van der Waals surface area contributed by atoms with Crippen LogP contribution in [-0.2, 0) is 10.0 Å². The number of carbonyl (C=O) groups is 1. The normalized spacial score (nSPS) is 14.4. The number of primary sulfonamides is 1. The van der Waals surface area contributed by atoms with Gasteiger partial charge in [0.25, 0.3) is 0 Å². The summed E-state index contributed by atoms with van der Waals surface area (Å²) in [5.74, 6) is -0.727. The first-order valence-electron chi connectivity index (χ1n) is 10.9. The van der Waals surface area contributed by atoms with Crippen LogP contribution in [0.5, 0.6) is 11.5 Å². The third-order valence-corrected chi connectivity index (χ3v) is 6.48. The number of unbranched alkanes of at least 4 members (excludes halogenated alkanes) is 1. The summed E-state index contributed by atoms with van der Waals surface area (Å²) >= 11 is 0. The summed E-state index contributed by atoms with van der Waals surface area (Å²) in [7, 11) is -4.24. The van der Waals surface area contributed by atoms with Crippen LogP contribution in [0.4, 0.5) is 5.69 Å². The third kappa shape index (κ3) is 6.21. The molecule has 2 aromatic rings. The van der Waals surface area contributed by atoms with E-state index in [1.54, 1.807) is 24.3 Å². The number of aromatic carboxylic acids is 1. The summed E-state index contributed by atoms with van der Waals surface area (Å²) in [5.41, 5.74) is 0.275. The molecule has 9 heteroatoms. The molecule has 0 aliphatic carbocycles. The number of carboxylic acids is 1. The molecule has 0 spiro atoms. The van der Waals surface area contributed by atoms with Gasteiger partial charge in [-0.2, -0.15) is 0 Å². The average Bonchev–Trinajstić information content (AvgIpc) is 3.27. The van der Waals surface area contributed by atoms with E-state index < -0.39 is 16.0 Å². The molecule has 3 rings (SSSR count). The predicted molar refractivity (Wildman–Crippen MR) is 124 cm³/mol. The lowest BCUT2D eigenvalue weighted by Crippen LogP contribution is -2.35. The summed E-state index contributed by atoms with van der Waals surface area (Å²) < 4.78 is 30.9. The van der Waals surface area contributed by atoms with E-state index in [4.69, 9.17) is 9.88 Å².